The molecule has 2 heterocycles. The highest BCUT2D eigenvalue weighted by molar-refractivity contribution is 7.88. The number of furan rings is 1. The van der Waals surface area contributed by atoms with Crippen LogP contribution in [0.25, 0.3) is 33.6 Å². The molecule has 5 rings (SSSR count). The topological polar surface area (TPSA) is 129 Å². The molecule has 4 aromatic rings. The summed E-state index contributed by atoms with van der Waals surface area (Å²) in [6, 6.07) is 13.9. The van der Waals surface area contributed by atoms with Gasteiger partial charge in [0.15, 0.2) is 17.1 Å². The van der Waals surface area contributed by atoms with Crippen LogP contribution in [0.5, 0.6) is 17.2 Å². The summed E-state index contributed by atoms with van der Waals surface area (Å²) >= 11 is 0. The molecule has 41 heavy (non-hydrogen) atoms. The lowest BCUT2D eigenvalue weighted by Crippen LogP contribution is -2.52. The highest BCUT2D eigenvalue weighted by atomic mass is 32.2. The van der Waals surface area contributed by atoms with Crippen LogP contribution in [0.1, 0.15) is 36.0 Å². The summed E-state index contributed by atoms with van der Waals surface area (Å²) in [5.41, 5.74) is 3.97. The van der Waals surface area contributed by atoms with Gasteiger partial charge in [0, 0.05) is 41.0 Å². The zero-order chi connectivity index (χ0) is 29.1. The zero-order valence-corrected chi connectivity index (χ0v) is 24.2. The monoisotopic (exact) mass is 579 g/mol. The third-order valence-corrected chi connectivity index (χ3v) is 7.98. The molecule has 11 heteroatoms. The van der Waals surface area contributed by atoms with E-state index in [9.17, 15) is 13.2 Å². The van der Waals surface area contributed by atoms with Crippen LogP contribution in [0.3, 0.4) is 0 Å². The summed E-state index contributed by atoms with van der Waals surface area (Å²) in [5, 5.41) is 3.04. The average Bonchev–Trinajstić information content (AvgIpc) is 3.41. The van der Waals surface area contributed by atoms with Crippen LogP contribution in [0.15, 0.2) is 59.1 Å². The molecule has 2 aromatic heterocycles. The highest BCUT2D eigenvalue weighted by Crippen LogP contribution is 2.43. The van der Waals surface area contributed by atoms with Gasteiger partial charge < -0.3 is 23.9 Å². The minimum Gasteiger partial charge on any atom is -0.493 e. The number of hydrogen-bond acceptors (Lipinski definition) is 8. The molecule has 1 aliphatic rings. The van der Waals surface area contributed by atoms with E-state index in [1.165, 1.54) is 0 Å². The molecule has 1 fully saturated rings. The Morgan fingerprint density at radius 1 is 0.927 bits per heavy atom. The number of hydrogen-bond donors (Lipinski definition) is 2. The molecule has 2 N–H and O–H groups in total. The van der Waals surface area contributed by atoms with Crippen LogP contribution in [-0.2, 0) is 10.0 Å². The first-order valence-corrected chi connectivity index (χ1v) is 15.2. The number of carbonyl (C=O) groups excluding carboxylic acids is 1. The molecule has 216 valence electrons. The van der Waals surface area contributed by atoms with E-state index in [-0.39, 0.29) is 18.0 Å². The van der Waals surface area contributed by atoms with Crippen molar-refractivity contribution in [3.8, 4) is 39.7 Å². The second kappa shape index (κ2) is 11.8. The van der Waals surface area contributed by atoms with Crippen molar-refractivity contribution in [2.75, 3.05) is 27.6 Å². The third kappa shape index (κ3) is 6.15. The lowest BCUT2D eigenvalue weighted by molar-refractivity contribution is 0.0918. The number of rotatable bonds is 9. The molecule has 0 saturated heterocycles. The number of benzene rings is 2. The molecule has 1 amide bonds. The van der Waals surface area contributed by atoms with Crippen molar-refractivity contribution in [2.45, 2.75) is 37.8 Å². The Kier molecular flexibility index (Phi) is 8.18. The number of fused-ring (bicyclic) bond motifs is 1. The molecule has 0 unspecified atom stereocenters. The van der Waals surface area contributed by atoms with Crippen molar-refractivity contribution in [3.05, 3.63) is 60.3 Å². The van der Waals surface area contributed by atoms with E-state index < -0.39 is 10.0 Å². The number of aromatic nitrogens is 1. The molecule has 0 bridgehead atoms. The van der Waals surface area contributed by atoms with Gasteiger partial charge in [-0.3, -0.25) is 9.78 Å². The van der Waals surface area contributed by atoms with Gasteiger partial charge in [-0.2, -0.15) is 0 Å². The Hall–Kier alpha value is -4.09. The number of pyridine rings is 1. The molecule has 2 atom stereocenters. The first-order valence-electron chi connectivity index (χ1n) is 13.3. The van der Waals surface area contributed by atoms with E-state index in [0.717, 1.165) is 35.8 Å². The van der Waals surface area contributed by atoms with Gasteiger partial charge in [-0.15, -0.1) is 0 Å². The predicted octanol–water partition coefficient (Wildman–Crippen LogP) is 4.78. The molecule has 0 radical (unpaired) electrons. The number of carbonyl (C=O) groups is 1. The number of methoxy groups -OCH3 is 3. The first-order chi connectivity index (χ1) is 19.7. The lowest BCUT2D eigenvalue weighted by atomic mass is 9.90. The quantitative estimate of drug-likeness (QED) is 0.290. The first kappa shape index (κ1) is 28.4. The van der Waals surface area contributed by atoms with Gasteiger partial charge >= 0.3 is 0 Å². The fourth-order valence-corrected chi connectivity index (χ4v) is 6.16. The zero-order valence-electron chi connectivity index (χ0n) is 23.4. The second-order valence-electron chi connectivity index (χ2n) is 10.0. The smallest absolute Gasteiger partial charge is 0.251 e. The summed E-state index contributed by atoms with van der Waals surface area (Å²) in [6.45, 7) is 0. The van der Waals surface area contributed by atoms with Crippen LogP contribution < -0.4 is 24.2 Å². The summed E-state index contributed by atoms with van der Waals surface area (Å²) in [4.78, 5) is 17.8. The van der Waals surface area contributed by atoms with Crippen molar-refractivity contribution in [3.63, 3.8) is 0 Å². The van der Waals surface area contributed by atoms with Gasteiger partial charge in [-0.05, 0) is 48.7 Å². The number of amides is 1. The van der Waals surface area contributed by atoms with E-state index in [0.29, 0.717) is 52.5 Å². The third-order valence-electron chi connectivity index (χ3n) is 7.24. The van der Waals surface area contributed by atoms with Crippen LogP contribution >= 0.6 is 0 Å². The fraction of sp³-hybridized carbons (Fsp3) is 0.333. The number of nitrogens with one attached hydrogen (secondary N) is 2. The van der Waals surface area contributed by atoms with Crippen LogP contribution in [0, 0.1) is 0 Å². The van der Waals surface area contributed by atoms with Crippen molar-refractivity contribution in [1.82, 2.24) is 15.0 Å². The van der Waals surface area contributed by atoms with Gasteiger partial charge in [0.2, 0.25) is 15.8 Å². The van der Waals surface area contributed by atoms with Gasteiger partial charge in [0.25, 0.3) is 5.91 Å². The Morgan fingerprint density at radius 3 is 2.29 bits per heavy atom. The fourth-order valence-electron chi connectivity index (χ4n) is 5.33. The average molecular weight is 580 g/mol. The maximum absolute atomic E-state index is 13.3. The lowest BCUT2D eigenvalue weighted by Gasteiger charge is -2.32. The number of nitrogens with zero attached hydrogens (tertiary/aromatic N) is 1. The molecule has 2 aromatic carbocycles. The van der Waals surface area contributed by atoms with Crippen molar-refractivity contribution >= 4 is 27.0 Å². The largest absolute Gasteiger partial charge is 0.493 e. The van der Waals surface area contributed by atoms with Crippen LogP contribution in [-0.4, -0.2) is 59.0 Å². The normalized spacial score (nSPS) is 17.3. The minimum atomic E-state index is -3.39. The highest BCUT2D eigenvalue weighted by Gasteiger charge is 2.29. The molecule has 1 saturated carbocycles. The molecule has 10 nitrogen and oxygen atoms in total. The van der Waals surface area contributed by atoms with Gasteiger partial charge in [-0.25, -0.2) is 13.1 Å². The molecular formula is C30H33N3O7S. The van der Waals surface area contributed by atoms with Crippen LogP contribution in [0.2, 0.25) is 0 Å². The molecule has 1 aliphatic carbocycles. The van der Waals surface area contributed by atoms with Gasteiger partial charge in [0.1, 0.15) is 11.3 Å². The standard InChI is InChI=1S/C30H33N3O7S/c1-37-26-15-20(16-27(38-2)29(26)39-3)25-17-24-28(40-25)21(12-13-31-24)18-8-7-9-19(14-18)30(34)32-22-10-5-6-11-23(22)33-41(4,35)36/h7-9,12-17,22-23,33H,5-6,10-11H2,1-4H3,(H,32,34)/t22-,23+/m1/s1. The van der Waals surface area contributed by atoms with Gasteiger partial charge in [0.05, 0.1) is 27.6 Å². The maximum Gasteiger partial charge on any atom is 0.251 e. The maximum atomic E-state index is 13.3. The Labute approximate surface area is 239 Å². The van der Waals surface area contributed by atoms with E-state index in [1.807, 2.05) is 24.3 Å². The molecule has 0 aliphatic heterocycles. The van der Waals surface area contributed by atoms with E-state index in [2.05, 4.69) is 15.0 Å². The van der Waals surface area contributed by atoms with Crippen molar-refractivity contribution < 1.29 is 31.8 Å². The Balaban J connectivity index is 1.45. The number of sulfonamides is 1. The summed E-state index contributed by atoms with van der Waals surface area (Å²) in [6.07, 6.45) is 6.06. The van der Waals surface area contributed by atoms with E-state index in [4.69, 9.17) is 18.6 Å². The Morgan fingerprint density at radius 2 is 1.63 bits per heavy atom. The second-order valence-corrected chi connectivity index (χ2v) is 11.8. The molecular weight excluding hydrogens is 546 g/mol. The summed E-state index contributed by atoms with van der Waals surface area (Å²) < 4.78 is 49.1. The number of ether oxygens (including phenoxy) is 3. The van der Waals surface area contributed by atoms with Crippen molar-refractivity contribution in [1.29, 1.82) is 0 Å². The summed E-state index contributed by atoms with van der Waals surface area (Å²) in [5.74, 6) is 1.79. The van der Waals surface area contributed by atoms with Crippen LogP contribution in [0.4, 0.5) is 0 Å². The minimum absolute atomic E-state index is 0.262. The Bertz CT molecular complexity index is 1660. The van der Waals surface area contributed by atoms with Gasteiger partial charge in [-0.1, -0.05) is 25.0 Å². The summed E-state index contributed by atoms with van der Waals surface area (Å²) in [7, 11) is 1.27. The van der Waals surface area contributed by atoms with Crippen molar-refractivity contribution in [2.24, 2.45) is 0 Å². The predicted molar refractivity (Wildman–Crippen MR) is 156 cm³/mol. The SMILES string of the molecule is COc1cc(-c2cc3nccc(-c4cccc(C(=O)N[C@@H]5CCCC[C@@H]5NS(C)(=O)=O)c4)c3o2)cc(OC)c1OC. The molecule has 0 spiro atoms. The van der Waals surface area contributed by atoms with E-state index >= 15 is 0 Å². The van der Waals surface area contributed by atoms with E-state index in [1.54, 1.807) is 51.8 Å².